The third-order valence-electron chi connectivity index (χ3n) is 1.52. The van der Waals surface area contributed by atoms with Gasteiger partial charge in [-0.05, 0) is 6.92 Å². The van der Waals surface area contributed by atoms with Crippen molar-refractivity contribution in [1.29, 1.82) is 0 Å². The van der Waals surface area contributed by atoms with Gasteiger partial charge in [0.05, 0.1) is 11.2 Å². The minimum Gasteiger partial charge on any atom is -0.480 e. The van der Waals surface area contributed by atoms with Gasteiger partial charge in [0, 0.05) is 6.07 Å². The Morgan fingerprint density at radius 1 is 1.77 bits per heavy atom. The summed E-state index contributed by atoms with van der Waals surface area (Å²) in [5, 5.41) is 12.4. The first kappa shape index (κ1) is 9.73. The normalized spacial score (nSPS) is 12.5. The Balaban J connectivity index is 3.16. The minimum absolute atomic E-state index is 0.193. The van der Waals surface area contributed by atoms with E-state index in [2.05, 4.69) is 5.10 Å². The van der Waals surface area contributed by atoms with E-state index in [9.17, 15) is 9.59 Å². The summed E-state index contributed by atoms with van der Waals surface area (Å²) in [7, 11) is 0. The molecule has 0 aliphatic carbocycles. The fourth-order valence-corrected chi connectivity index (χ4v) is 0.928. The topological polar surface area (TPSA) is 72.2 Å². The molecule has 5 nitrogen and oxygen atoms in total. The van der Waals surface area contributed by atoms with Gasteiger partial charge in [-0.2, -0.15) is 5.10 Å². The maximum atomic E-state index is 11.1. The molecule has 70 valence electrons. The molecule has 0 aliphatic rings. The van der Waals surface area contributed by atoms with Crippen LogP contribution >= 0.6 is 11.6 Å². The zero-order valence-electron chi connectivity index (χ0n) is 6.77. The number of carbonyl (C=O) groups is 1. The summed E-state index contributed by atoms with van der Waals surface area (Å²) in [5.41, 5.74) is -0.526. The van der Waals surface area contributed by atoms with E-state index in [0.29, 0.717) is 0 Å². The van der Waals surface area contributed by atoms with Gasteiger partial charge in [0.15, 0.2) is 6.04 Å². The molecule has 1 heterocycles. The Bertz CT molecular complexity index is 388. The van der Waals surface area contributed by atoms with Crippen molar-refractivity contribution >= 4 is 17.6 Å². The van der Waals surface area contributed by atoms with Gasteiger partial charge in [0.2, 0.25) is 0 Å². The molecule has 0 aliphatic heterocycles. The molecule has 0 spiro atoms. The van der Waals surface area contributed by atoms with Crippen molar-refractivity contribution in [3.63, 3.8) is 0 Å². The van der Waals surface area contributed by atoms with Crippen molar-refractivity contribution in [3.8, 4) is 0 Å². The monoisotopic (exact) mass is 202 g/mol. The van der Waals surface area contributed by atoms with Crippen molar-refractivity contribution in [2.75, 3.05) is 0 Å². The van der Waals surface area contributed by atoms with Gasteiger partial charge in [0.1, 0.15) is 0 Å². The second-order valence-corrected chi connectivity index (χ2v) is 2.91. The van der Waals surface area contributed by atoms with Gasteiger partial charge >= 0.3 is 5.97 Å². The van der Waals surface area contributed by atoms with E-state index in [-0.39, 0.29) is 5.02 Å². The summed E-state index contributed by atoms with van der Waals surface area (Å²) in [5.74, 6) is -1.11. The largest absolute Gasteiger partial charge is 0.480 e. The first-order valence-electron chi connectivity index (χ1n) is 3.49. The van der Waals surface area contributed by atoms with Crippen LogP contribution in [0.3, 0.4) is 0 Å². The van der Waals surface area contributed by atoms with Crippen molar-refractivity contribution in [1.82, 2.24) is 9.78 Å². The lowest BCUT2D eigenvalue weighted by molar-refractivity contribution is -0.140. The van der Waals surface area contributed by atoms with Crippen LogP contribution in [0.5, 0.6) is 0 Å². The van der Waals surface area contributed by atoms with E-state index in [4.69, 9.17) is 16.7 Å². The van der Waals surface area contributed by atoms with Gasteiger partial charge in [-0.15, -0.1) is 0 Å². The summed E-state index contributed by atoms with van der Waals surface area (Å²) in [6.07, 6.45) is 1.22. The van der Waals surface area contributed by atoms with Gasteiger partial charge in [-0.3, -0.25) is 4.79 Å². The Morgan fingerprint density at radius 2 is 2.38 bits per heavy atom. The Hall–Kier alpha value is -1.36. The van der Waals surface area contributed by atoms with Crippen LogP contribution in [0.1, 0.15) is 13.0 Å². The third-order valence-corrected chi connectivity index (χ3v) is 1.72. The fraction of sp³-hybridized carbons (Fsp3) is 0.286. The van der Waals surface area contributed by atoms with Crippen molar-refractivity contribution in [2.24, 2.45) is 0 Å². The van der Waals surface area contributed by atoms with Crippen LogP contribution in [0.25, 0.3) is 0 Å². The van der Waals surface area contributed by atoms with Crippen molar-refractivity contribution in [3.05, 3.63) is 27.6 Å². The SMILES string of the molecule is C[C@@H](C(=O)O)n1ncc(Cl)cc1=O. The van der Waals surface area contributed by atoms with Crippen molar-refractivity contribution in [2.45, 2.75) is 13.0 Å². The average molecular weight is 203 g/mol. The van der Waals surface area contributed by atoms with Crippen LogP contribution in [0.15, 0.2) is 17.1 Å². The lowest BCUT2D eigenvalue weighted by Gasteiger charge is -2.07. The van der Waals surface area contributed by atoms with Crippen LogP contribution in [0, 0.1) is 0 Å². The van der Waals surface area contributed by atoms with Crippen LogP contribution in [-0.2, 0) is 4.79 Å². The molecule has 0 unspecified atom stereocenters. The molecule has 0 bridgehead atoms. The van der Waals surface area contributed by atoms with Gasteiger partial charge < -0.3 is 5.11 Å². The lowest BCUT2D eigenvalue weighted by Crippen LogP contribution is -2.29. The third kappa shape index (κ3) is 2.06. The molecule has 1 atom stereocenters. The molecule has 1 rings (SSSR count). The Morgan fingerprint density at radius 3 is 2.85 bits per heavy atom. The van der Waals surface area contributed by atoms with E-state index < -0.39 is 17.6 Å². The van der Waals surface area contributed by atoms with Gasteiger partial charge in [0.25, 0.3) is 5.56 Å². The Labute approximate surface area is 78.6 Å². The fourth-order valence-electron chi connectivity index (χ4n) is 0.791. The maximum Gasteiger partial charge on any atom is 0.328 e. The summed E-state index contributed by atoms with van der Waals surface area (Å²) >= 11 is 5.48. The number of rotatable bonds is 2. The second-order valence-electron chi connectivity index (χ2n) is 2.47. The van der Waals surface area contributed by atoms with Crippen LogP contribution in [0.2, 0.25) is 5.02 Å². The number of aliphatic carboxylic acids is 1. The predicted molar refractivity (Wildman–Crippen MR) is 45.9 cm³/mol. The number of nitrogens with zero attached hydrogens (tertiary/aromatic N) is 2. The predicted octanol–water partition coefficient (Wildman–Crippen LogP) is 0.542. The van der Waals surface area contributed by atoms with Gasteiger partial charge in [-0.25, -0.2) is 9.48 Å². The molecular weight excluding hydrogens is 196 g/mol. The van der Waals surface area contributed by atoms with Crippen LogP contribution in [-0.4, -0.2) is 20.9 Å². The van der Waals surface area contributed by atoms with E-state index in [0.717, 1.165) is 10.7 Å². The van der Waals surface area contributed by atoms with E-state index in [1.54, 1.807) is 0 Å². The van der Waals surface area contributed by atoms with E-state index in [1.807, 2.05) is 0 Å². The standard InChI is InChI=1S/C7H7ClN2O3/c1-4(7(12)13)10-6(11)2-5(8)3-9-10/h2-4H,1H3,(H,12,13)/t4-/m0/s1. The number of aromatic nitrogens is 2. The highest BCUT2D eigenvalue weighted by Crippen LogP contribution is 2.03. The maximum absolute atomic E-state index is 11.1. The number of hydrogen-bond acceptors (Lipinski definition) is 3. The minimum atomic E-state index is -1.11. The molecule has 0 saturated carbocycles. The molecule has 0 radical (unpaired) electrons. The molecule has 0 fully saturated rings. The van der Waals surface area contributed by atoms with Crippen LogP contribution < -0.4 is 5.56 Å². The molecule has 6 heteroatoms. The molecular formula is C7H7ClN2O3. The lowest BCUT2D eigenvalue weighted by atomic mass is 10.3. The quantitative estimate of drug-likeness (QED) is 0.760. The highest BCUT2D eigenvalue weighted by atomic mass is 35.5. The smallest absolute Gasteiger partial charge is 0.328 e. The second kappa shape index (κ2) is 3.57. The number of carboxylic acids is 1. The van der Waals surface area contributed by atoms with E-state index in [1.165, 1.54) is 13.1 Å². The first-order chi connectivity index (χ1) is 6.02. The number of hydrogen-bond donors (Lipinski definition) is 1. The number of halogens is 1. The van der Waals surface area contributed by atoms with Crippen LogP contribution in [0.4, 0.5) is 0 Å². The van der Waals surface area contributed by atoms with Gasteiger partial charge in [-0.1, -0.05) is 11.6 Å². The molecule has 1 N–H and O–H groups in total. The summed E-state index contributed by atoms with van der Waals surface area (Å²) < 4.78 is 0.855. The Kier molecular flexibility index (Phi) is 2.67. The molecule has 0 saturated heterocycles. The molecule has 0 aromatic carbocycles. The molecule has 0 amide bonds. The molecule has 13 heavy (non-hydrogen) atoms. The van der Waals surface area contributed by atoms with Crippen molar-refractivity contribution < 1.29 is 9.90 Å². The number of carboxylic acid groups (broad SMARTS) is 1. The molecule has 1 aromatic heterocycles. The zero-order valence-corrected chi connectivity index (χ0v) is 7.52. The highest BCUT2D eigenvalue weighted by Gasteiger charge is 2.15. The molecule has 1 aromatic rings. The summed E-state index contributed by atoms with van der Waals surface area (Å²) in [4.78, 5) is 21.6. The summed E-state index contributed by atoms with van der Waals surface area (Å²) in [6, 6.07) is 0.137. The summed E-state index contributed by atoms with van der Waals surface area (Å²) in [6.45, 7) is 1.37. The van der Waals surface area contributed by atoms with E-state index >= 15 is 0 Å². The average Bonchev–Trinajstić information content (AvgIpc) is 2.03. The first-order valence-corrected chi connectivity index (χ1v) is 3.87. The zero-order chi connectivity index (χ0) is 10.0. The highest BCUT2D eigenvalue weighted by molar-refractivity contribution is 6.30.